The van der Waals surface area contributed by atoms with Crippen molar-refractivity contribution in [2.75, 3.05) is 6.61 Å². The fraction of sp³-hybridized carbons (Fsp3) is 0.435. The van der Waals surface area contributed by atoms with E-state index >= 15 is 0 Å². The van der Waals surface area contributed by atoms with Gasteiger partial charge in [0.1, 0.15) is 18.0 Å². The van der Waals surface area contributed by atoms with Gasteiger partial charge in [0.25, 0.3) is 0 Å². The first-order chi connectivity index (χ1) is 14.3. The lowest BCUT2D eigenvalue weighted by Gasteiger charge is -2.29. The van der Waals surface area contributed by atoms with Crippen LogP contribution in [0.1, 0.15) is 25.8 Å². The van der Waals surface area contributed by atoms with Crippen LogP contribution in [0.2, 0.25) is 0 Å². The van der Waals surface area contributed by atoms with E-state index in [2.05, 4.69) is 0 Å². The highest BCUT2D eigenvalue weighted by Crippen LogP contribution is 2.48. The second-order valence-corrected chi connectivity index (χ2v) is 8.26. The highest BCUT2D eigenvalue weighted by Gasteiger charge is 2.55. The van der Waals surface area contributed by atoms with Crippen molar-refractivity contribution in [3.63, 3.8) is 0 Å². The molecule has 7 heteroatoms. The monoisotopic (exact) mass is 412 g/mol. The summed E-state index contributed by atoms with van der Waals surface area (Å²) in [6.45, 7) is 3.27. The lowest BCUT2D eigenvalue weighted by atomic mass is 9.79. The zero-order valence-corrected chi connectivity index (χ0v) is 16.8. The Morgan fingerprint density at radius 1 is 1.23 bits per heavy atom. The molecule has 5 atom stereocenters. The first-order valence-corrected chi connectivity index (χ1v) is 10.0. The second kappa shape index (κ2) is 7.72. The van der Waals surface area contributed by atoms with E-state index in [1.54, 1.807) is 19.1 Å². The number of aliphatic hydroxyl groups excluding tert-OH is 1. The number of carbonyl (C=O) groups is 3. The summed E-state index contributed by atoms with van der Waals surface area (Å²) < 4.78 is 11.5. The predicted octanol–water partition coefficient (Wildman–Crippen LogP) is 1.86. The number of benzene rings is 1. The molecule has 1 aromatic carbocycles. The molecule has 1 aromatic rings. The number of rotatable bonds is 4. The highest BCUT2D eigenvalue weighted by atomic mass is 16.6. The van der Waals surface area contributed by atoms with Crippen LogP contribution in [-0.4, -0.2) is 46.7 Å². The van der Waals surface area contributed by atoms with Crippen molar-refractivity contribution in [1.29, 1.82) is 0 Å². The van der Waals surface area contributed by atoms with Crippen molar-refractivity contribution in [2.45, 2.75) is 38.9 Å². The molecule has 2 N–H and O–H groups in total. The highest BCUT2D eigenvalue weighted by molar-refractivity contribution is 6.09. The summed E-state index contributed by atoms with van der Waals surface area (Å²) in [4.78, 5) is 37.6. The van der Waals surface area contributed by atoms with Gasteiger partial charge in [-0.1, -0.05) is 24.6 Å². The number of carbonyl (C=O) groups excluding carboxylic acids is 3. The van der Waals surface area contributed by atoms with Gasteiger partial charge in [0.15, 0.2) is 5.78 Å². The van der Waals surface area contributed by atoms with E-state index in [0.717, 1.165) is 5.57 Å². The molecule has 0 unspecified atom stereocenters. The predicted molar refractivity (Wildman–Crippen MR) is 105 cm³/mol. The van der Waals surface area contributed by atoms with Crippen molar-refractivity contribution >= 4 is 17.7 Å². The molecule has 1 fully saturated rings. The number of aliphatic hydroxyl groups is 1. The van der Waals surface area contributed by atoms with Crippen LogP contribution in [0, 0.1) is 17.8 Å². The van der Waals surface area contributed by atoms with Crippen molar-refractivity contribution in [3.8, 4) is 5.75 Å². The Morgan fingerprint density at radius 2 is 1.93 bits per heavy atom. The molecule has 4 rings (SSSR count). The number of allylic oxidation sites excluding steroid dienone is 1. The Kier molecular flexibility index (Phi) is 5.24. The molecule has 0 amide bonds. The average molecular weight is 412 g/mol. The zero-order chi connectivity index (χ0) is 21.6. The average Bonchev–Trinajstić information content (AvgIpc) is 3.15. The third kappa shape index (κ3) is 3.43. The summed E-state index contributed by atoms with van der Waals surface area (Å²) in [5.74, 6) is -2.33. The molecule has 158 valence electrons. The minimum absolute atomic E-state index is 0.0249. The smallest absolute Gasteiger partial charge is 0.310 e. The van der Waals surface area contributed by atoms with E-state index in [9.17, 15) is 24.6 Å². The molecule has 30 heavy (non-hydrogen) atoms. The fourth-order valence-electron chi connectivity index (χ4n) is 4.91. The lowest BCUT2D eigenvalue weighted by Crippen LogP contribution is -2.38. The van der Waals surface area contributed by atoms with E-state index in [1.807, 2.05) is 6.92 Å². The van der Waals surface area contributed by atoms with Crippen molar-refractivity contribution in [2.24, 2.45) is 17.8 Å². The minimum Gasteiger partial charge on any atom is -0.508 e. The molecule has 1 heterocycles. The van der Waals surface area contributed by atoms with Crippen LogP contribution in [0.4, 0.5) is 0 Å². The Morgan fingerprint density at radius 3 is 2.60 bits per heavy atom. The Labute approximate surface area is 174 Å². The SMILES string of the molecule is CC1=C2C(=O)C=C(CO)[C@@H]2[C@H]2OC(=O)[C@@H](C)[C@@H]2[C@H](OC(=O)Cc2ccc(O)cc2)C1. The molecule has 2 aliphatic carbocycles. The van der Waals surface area contributed by atoms with Crippen LogP contribution in [-0.2, 0) is 30.3 Å². The summed E-state index contributed by atoms with van der Waals surface area (Å²) in [6.07, 6.45) is 0.502. The Balaban J connectivity index is 1.62. The van der Waals surface area contributed by atoms with Gasteiger partial charge in [0.2, 0.25) is 0 Å². The Bertz CT molecular complexity index is 956. The number of esters is 2. The second-order valence-electron chi connectivity index (χ2n) is 8.26. The Hall–Kier alpha value is -2.93. The van der Waals surface area contributed by atoms with Gasteiger partial charge in [0, 0.05) is 23.8 Å². The summed E-state index contributed by atoms with van der Waals surface area (Å²) >= 11 is 0. The maximum Gasteiger partial charge on any atom is 0.310 e. The van der Waals surface area contributed by atoms with E-state index in [4.69, 9.17) is 9.47 Å². The molecular formula is C23H24O7. The normalized spacial score (nSPS) is 30.4. The number of hydrogen-bond donors (Lipinski definition) is 2. The largest absolute Gasteiger partial charge is 0.508 e. The number of ether oxygens (including phenoxy) is 2. The number of aromatic hydroxyl groups is 1. The van der Waals surface area contributed by atoms with Gasteiger partial charge in [0.05, 0.1) is 18.9 Å². The van der Waals surface area contributed by atoms with E-state index < -0.39 is 35.9 Å². The molecular weight excluding hydrogens is 388 g/mol. The van der Waals surface area contributed by atoms with Crippen molar-refractivity contribution < 1.29 is 34.1 Å². The van der Waals surface area contributed by atoms with Crippen molar-refractivity contribution in [3.05, 3.63) is 52.6 Å². The summed E-state index contributed by atoms with van der Waals surface area (Å²) in [7, 11) is 0. The molecule has 0 bridgehead atoms. The van der Waals surface area contributed by atoms with E-state index in [0.29, 0.717) is 23.1 Å². The fourth-order valence-corrected chi connectivity index (χ4v) is 4.91. The van der Waals surface area contributed by atoms with Gasteiger partial charge < -0.3 is 19.7 Å². The van der Waals surface area contributed by atoms with Gasteiger partial charge in [-0.15, -0.1) is 0 Å². The molecule has 7 nitrogen and oxygen atoms in total. The van der Waals surface area contributed by atoms with Gasteiger partial charge in [-0.05, 0) is 36.3 Å². The number of hydrogen-bond acceptors (Lipinski definition) is 7. The number of fused-ring (bicyclic) bond motifs is 3. The standard InChI is InChI=1S/C23H24O7/c1-11-7-17(29-18(27)8-13-3-5-15(25)6-4-13)20-12(2)23(28)30-22(20)21-14(10-24)9-16(26)19(11)21/h3-6,9,12,17,20-22,24-25H,7-8,10H2,1-2H3/t12-,17+,20+,21-,22-/m0/s1. The van der Waals surface area contributed by atoms with Crippen LogP contribution in [0.3, 0.4) is 0 Å². The third-order valence-corrected chi connectivity index (χ3v) is 6.35. The van der Waals surface area contributed by atoms with Gasteiger partial charge in [-0.25, -0.2) is 0 Å². The van der Waals surface area contributed by atoms with Gasteiger partial charge in [-0.3, -0.25) is 14.4 Å². The number of phenols is 1. The molecule has 3 aliphatic rings. The number of ketones is 1. The molecule has 1 saturated heterocycles. The first kappa shape index (κ1) is 20.3. The van der Waals surface area contributed by atoms with Crippen LogP contribution < -0.4 is 0 Å². The van der Waals surface area contributed by atoms with Gasteiger partial charge >= 0.3 is 11.9 Å². The summed E-state index contributed by atoms with van der Waals surface area (Å²) in [6, 6.07) is 6.29. The molecule has 0 spiro atoms. The first-order valence-electron chi connectivity index (χ1n) is 10.0. The number of phenolic OH excluding ortho intramolecular Hbond substituents is 1. The zero-order valence-electron chi connectivity index (χ0n) is 16.8. The third-order valence-electron chi connectivity index (χ3n) is 6.35. The minimum atomic E-state index is -0.656. The van der Waals surface area contributed by atoms with E-state index in [-0.39, 0.29) is 30.5 Å². The molecule has 0 saturated carbocycles. The molecule has 0 aromatic heterocycles. The van der Waals surface area contributed by atoms with Crippen molar-refractivity contribution in [1.82, 2.24) is 0 Å². The van der Waals surface area contributed by atoms with Gasteiger partial charge in [-0.2, -0.15) is 0 Å². The summed E-state index contributed by atoms with van der Waals surface area (Å²) in [5, 5.41) is 19.2. The van der Waals surface area contributed by atoms with E-state index in [1.165, 1.54) is 18.2 Å². The van der Waals surface area contributed by atoms with Crippen LogP contribution in [0.15, 0.2) is 47.1 Å². The van der Waals surface area contributed by atoms with Crippen LogP contribution >= 0.6 is 0 Å². The topological polar surface area (TPSA) is 110 Å². The maximum atomic E-state index is 12.6. The summed E-state index contributed by atoms with van der Waals surface area (Å²) in [5.41, 5.74) is 2.54. The van der Waals surface area contributed by atoms with Crippen LogP contribution in [0.25, 0.3) is 0 Å². The van der Waals surface area contributed by atoms with Crippen LogP contribution in [0.5, 0.6) is 5.75 Å². The maximum absolute atomic E-state index is 12.6. The molecule has 1 aliphatic heterocycles. The molecule has 0 radical (unpaired) electrons. The lowest BCUT2D eigenvalue weighted by molar-refractivity contribution is -0.152. The quantitative estimate of drug-likeness (QED) is 0.727.